The van der Waals surface area contributed by atoms with Crippen molar-refractivity contribution in [3.8, 4) is 10.9 Å². The second-order valence-corrected chi connectivity index (χ2v) is 6.38. The summed E-state index contributed by atoms with van der Waals surface area (Å²) in [6.45, 7) is 2.93. The van der Waals surface area contributed by atoms with Crippen LogP contribution in [0.3, 0.4) is 0 Å². The number of hydrogen-bond donors (Lipinski definition) is 0. The molecule has 1 aromatic carbocycles. The fraction of sp³-hybridized carbons (Fsp3) is 0.250. The van der Waals surface area contributed by atoms with Crippen molar-refractivity contribution in [2.24, 2.45) is 0 Å². The third kappa shape index (κ3) is 2.65. The Labute approximate surface area is 142 Å². The van der Waals surface area contributed by atoms with Gasteiger partial charge in [-0.15, -0.1) is 5.10 Å². The van der Waals surface area contributed by atoms with Crippen molar-refractivity contribution >= 4 is 17.2 Å². The molecule has 1 amide bonds. The second kappa shape index (κ2) is 6.04. The minimum absolute atomic E-state index is 0.00965. The van der Waals surface area contributed by atoms with Gasteiger partial charge < -0.3 is 9.64 Å². The van der Waals surface area contributed by atoms with E-state index in [2.05, 4.69) is 15.3 Å². The summed E-state index contributed by atoms with van der Waals surface area (Å²) in [6, 6.07) is 9.64. The highest BCUT2D eigenvalue weighted by molar-refractivity contribution is 7.11. The van der Waals surface area contributed by atoms with E-state index in [9.17, 15) is 4.79 Å². The van der Waals surface area contributed by atoms with E-state index in [-0.39, 0.29) is 12.0 Å². The van der Waals surface area contributed by atoms with Gasteiger partial charge in [-0.25, -0.2) is 9.67 Å². The summed E-state index contributed by atoms with van der Waals surface area (Å²) in [5.41, 5.74) is 2.00. The van der Waals surface area contributed by atoms with Crippen molar-refractivity contribution in [2.75, 3.05) is 13.1 Å². The Hall–Kier alpha value is -2.74. The number of carbonyl (C=O) groups excluding carboxylic acids is 1. The maximum atomic E-state index is 12.6. The zero-order valence-corrected chi connectivity index (χ0v) is 13.8. The Morgan fingerprint density at radius 1 is 1.29 bits per heavy atom. The number of para-hydroxylation sites is 1. The molecule has 0 bridgehead atoms. The Bertz CT molecular complexity index is 841. The molecule has 24 heavy (non-hydrogen) atoms. The van der Waals surface area contributed by atoms with Gasteiger partial charge >= 0.3 is 0 Å². The lowest BCUT2D eigenvalue weighted by Crippen LogP contribution is -2.56. The van der Waals surface area contributed by atoms with E-state index in [0.717, 1.165) is 11.4 Å². The molecule has 3 aromatic rings. The fourth-order valence-electron chi connectivity index (χ4n) is 2.58. The van der Waals surface area contributed by atoms with E-state index in [1.54, 1.807) is 15.8 Å². The van der Waals surface area contributed by atoms with E-state index in [1.165, 1.54) is 11.3 Å². The zero-order chi connectivity index (χ0) is 16.5. The first-order chi connectivity index (χ1) is 11.7. The van der Waals surface area contributed by atoms with Crippen LogP contribution in [0.4, 0.5) is 0 Å². The Morgan fingerprint density at radius 3 is 2.79 bits per heavy atom. The predicted molar refractivity (Wildman–Crippen MR) is 88.5 cm³/mol. The monoisotopic (exact) mass is 341 g/mol. The van der Waals surface area contributed by atoms with E-state index in [4.69, 9.17) is 4.74 Å². The molecule has 8 heteroatoms. The number of rotatable bonds is 4. The number of carbonyl (C=O) groups is 1. The largest absolute Gasteiger partial charge is 0.463 e. The van der Waals surface area contributed by atoms with E-state index >= 15 is 0 Å². The van der Waals surface area contributed by atoms with Crippen LogP contribution in [-0.4, -0.2) is 50.0 Å². The topological polar surface area (TPSA) is 73.1 Å². The maximum absolute atomic E-state index is 12.6. The molecule has 0 saturated carbocycles. The van der Waals surface area contributed by atoms with Crippen molar-refractivity contribution in [1.29, 1.82) is 0 Å². The number of hydrogen-bond acceptors (Lipinski definition) is 6. The molecule has 1 aliphatic heterocycles. The van der Waals surface area contributed by atoms with Crippen LogP contribution in [0.2, 0.25) is 0 Å². The molecule has 1 aliphatic rings. The van der Waals surface area contributed by atoms with E-state index < -0.39 is 0 Å². The number of ether oxygens (including phenoxy) is 1. The smallest absolute Gasteiger partial charge is 0.276 e. The van der Waals surface area contributed by atoms with Gasteiger partial charge in [-0.05, 0) is 19.1 Å². The van der Waals surface area contributed by atoms with Gasteiger partial charge in [0, 0.05) is 11.6 Å². The molecule has 1 fully saturated rings. The van der Waals surface area contributed by atoms with Gasteiger partial charge in [0.15, 0.2) is 5.69 Å². The second-order valence-electron chi connectivity index (χ2n) is 5.52. The van der Waals surface area contributed by atoms with Crippen LogP contribution in [0.15, 0.2) is 41.9 Å². The molecule has 1 saturated heterocycles. The third-order valence-corrected chi connectivity index (χ3v) is 4.57. The molecule has 4 rings (SSSR count). The normalized spacial score (nSPS) is 14.5. The first-order valence-corrected chi connectivity index (χ1v) is 8.43. The summed E-state index contributed by atoms with van der Waals surface area (Å²) in [4.78, 5) is 18.4. The van der Waals surface area contributed by atoms with Crippen molar-refractivity contribution in [1.82, 2.24) is 24.9 Å². The van der Waals surface area contributed by atoms with Gasteiger partial charge in [-0.2, -0.15) is 0 Å². The quantitative estimate of drug-likeness (QED) is 0.725. The molecule has 0 radical (unpaired) electrons. The lowest BCUT2D eigenvalue weighted by molar-refractivity contribution is 0.0172. The highest BCUT2D eigenvalue weighted by atomic mass is 32.1. The third-order valence-electron chi connectivity index (χ3n) is 3.91. The minimum atomic E-state index is -0.117. The van der Waals surface area contributed by atoms with Gasteiger partial charge in [0.1, 0.15) is 6.10 Å². The van der Waals surface area contributed by atoms with Gasteiger partial charge in [0.05, 0.1) is 24.5 Å². The van der Waals surface area contributed by atoms with Crippen LogP contribution in [0.1, 0.15) is 16.2 Å². The van der Waals surface area contributed by atoms with Gasteiger partial charge in [0.2, 0.25) is 0 Å². The van der Waals surface area contributed by atoms with Crippen LogP contribution in [0.25, 0.3) is 5.69 Å². The summed E-state index contributed by atoms with van der Waals surface area (Å²) < 4.78 is 7.36. The summed E-state index contributed by atoms with van der Waals surface area (Å²) in [5.74, 6) is -0.117. The van der Waals surface area contributed by atoms with E-state index in [0.29, 0.717) is 24.0 Å². The number of aromatic nitrogens is 4. The van der Waals surface area contributed by atoms with Crippen LogP contribution >= 0.6 is 11.3 Å². The number of amides is 1. The highest BCUT2D eigenvalue weighted by Gasteiger charge is 2.35. The standard InChI is InChI=1S/C16H15N5O2S/c1-11-14(18-19-21(11)12-5-3-2-4-6-12)15(22)20-9-13(10-20)23-16-17-7-8-24-16/h2-8,13H,9-10H2,1H3. The Morgan fingerprint density at radius 2 is 2.08 bits per heavy atom. The molecule has 0 aliphatic carbocycles. The first-order valence-electron chi connectivity index (χ1n) is 7.55. The average molecular weight is 341 g/mol. The maximum Gasteiger partial charge on any atom is 0.276 e. The first kappa shape index (κ1) is 14.8. The van der Waals surface area contributed by atoms with Crippen molar-refractivity contribution in [3.05, 3.63) is 53.3 Å². The summed E-state index contributed by atoms with van der Waals surface area (Å²) in [7, 11) is 0. The molecule has 122 valence electrons. The molecular weight excluding hydrogens is 326 g/mol. The van der Waals surface area contributed by atoms with Crippen LogP contribution in [0.5, 0.6) is 5.19 Å². The average Bonchev–Trinajstić information content (AvgIpc) is 3.20. The molecule has 0 atom stereocenters. The molecule has 0 spiro atoms. The Balaban J connectivity index is 1.44. The number of benzene rings is 1. The highest BCUT2D eigenvalue weighted by Crippen LogP contribution is 2.22. The van der Waals surface area contributed by atoms with Crippen LogP contribution < -0.4 is 4.74 Å². The molecule has 3 heterocycles. The van der Waals surface area contributed by atoms with Crippen LogP contribution in [0, 0.1) is 6.92 Å². The number of nitrogens with zero attached hydrogens (tertiary/aromatic N) is 5. The molecule has 0 N–H and O–H groups in total. The fourth-order valence-corrected chi connectivity index (χ4v) is 3.13. The Kier molecular flexibility index (Phi) is 3.73. The van der Waals surface area contributed by atoms with Gasteiger partial charge in [0.25, 0.3) is 11.1 Å². The van der Waals surface area contributed by atoms with Crippen LogP contribution in [-0.2, 0) is 0 Å². The summed E-state index contributed by atoms with van der Waals surface area (Å²) in [6.07, 6.45) is 1.69. The van der Waals surface area contributed by atoms with Crippen molar-refractivity contribution in [2.45, 2.75) is 13.0 Å². The predicted octanol–water partition coefficient (Wildman–Crippen LogP) is 1.94. The summed E-state index contributed by atoms with van der Waals surface area (Å²) in [5, 5.41) is 10.7. The summed E-state index contributed by atoms with van der Waals surface area (Å²) >= 11 is 1.45. The zero-order valence-electron chi connectivity index (χ0n) is 13.0. The lowest BCUT2D eigenvalue weighted by Gasteiger charge is -2.37. The lowest BCUT2D eigenvalue weighted by atomic mass is 10.1. The van der Waals surface area contributed by atoms with Crippen molar-refractivity contribution in [3.63, 3.8) is 0 Å². The number of likely N-dealkylation sites (tertiary alicyclic amines) is 1. The minimum Gasteiger partial charge on any atom is -0.463 e. The molecule has 7 nitrogen and oxygen atoms in total. The van der Waals surface area contributed by atoms with Gasteiger partial charge in [-0.3, -0.25) is 4.79 Å². The SMILES string of the molecule is Cc1c(C(=O)N2CC(Oc3nccs3)C2)nnn1-c1ccccc1. The van der Waals surface area contributed by atoms with Crippen molar-refractivity contribution < 1.29 is 9.53 Å². The number of thiazole rings is 1. The van der Waals surface area contributed by atoms with E-state index in [1.807, 2.05) is 42.6 Å². The molecule has 0 unspecified atom stereocenters. The molecular formula is C16H15N5O2S. The molecule has 2 aromatic heterocycles. The van der Waals surface area contributed by atoms with Gasteiger partial charge in [-0.1, -0.05) is 34.7 Å².